The van der Waals surface area contributed by atoms with Crippen molar-refractivity contribution >= 4 is 11.7 Å². The maximum atomic E-state index is 11.7. The summed E-state index contributed by atoms with van der Waals surface area (Å²) in [4.78, 5) is 13.8. The first-order valence-electron chi connectivity index (χ1n) is 5.61. The molecule has 0 aliphatic rings. The number of likely N-dealkylation sites (N-methyl/N-ethyl adjacent to an activating group) is 1. The van der Waals surface area contributed by atoms with Crippen molar-refractivity contribution in [3.05, 3.63) is 11.8 Å². The minimum atomic E-state index is -0.257. The molecule has 0 saturated heterocycles. The molecule has 1 unspecified atom stereocenters. The number of aryl methyl sites for hydroxylation is 1. The summed E-state index contributed by atoms with van der Waals surface area (Å²) >= 11 is 0. The number of rotatable bonds is 6. The van der Waals surface area contributed by atoms with Crippen molar-refractivity contribution in [3.63, 3.8) is 0 Å². The highest BCUT2D eigenvalue weighted by molar-refractivity contribution is 5.93. The van der Waals surface area contributed by atoms with Gasteiger partial charge in [-0.25, -0.2) is 0 Å². The molecule has 6 nitrogen and oxygen atoms in total. The molecule has 0 fully saturated rings. The zero-order chi connectivity index (χ0) is 12.8. The third kappa shape index (κ3) is 4.97. The molecule has 17 heavy (non-hydrogen) atoms. The molecule has 96 valence electrons. The third-order valence-corrected chi connectivity index (χ3v) is 2.28. The summed E-state index contributed by atoms with van der Waals surface area (Å²) in [6.45, 7) is 5.25. The van der Waals surface area contributed by atoms with Crippen molar-refractivity contribution in [2.75, 3.05) is 32.5 Å². The molecule has 2 N–H and O–H groups in total. The summed E-state index contributed by atoms with van der Waals surface area (Å²) in [5, 5.41) is 9.51. The van der Waals surface area contributed by atoms with E-state index in [4.69, 9.17) is 4.52 Å². The highest BCUT2D eigenvalue weighted by atomic mass is 16.5. The normalized spacial score (nSPS) is 12.8. The van der Waals surface area contributed by atoms with Gasteiger partial charge in [0, 0.05) is 19.2 Å². The van der Waals surface area contributed by atoms with Crippen molar-refractivity contribution in [2.45, 2.75) is 19.9 Å². The second kappa shape index (κ2) is 6.36. The molecule has 0 radical (unpaired) electrons. The van der Waals surface area contributed by atoms with Crippen LogP contribution in [0.3, 0.4) is 0 Å². The number of aromatic nitrogens is 1. The van der Waals surface area contributed by atoms with Gasteiger partial charge in [-0.1, -0.05) is 5.16 Å². The number of anilines is 1. The first-order valence-corrected chi connectivity index (χ1v) is 5.61. The van der Waals surface area contributed by atoms with E-state index in [0.29, 0.717) is 11.6 Å². The van der Waals surface area contributed by atoms with E-state index in [1.54, 1.807) is 13.0 Å². The molecule has 1 rings (SSSR count). The van der Waals surface area contributed by atoms with Gasteiger partial charge in [-0.3, -0.25) is 4.79 Å². The van der Waals surface area contributed by atoms with Crippen LogP contribution >= 0.6 is 0 Å². The van der Waals surface area contributed by atoms with Gasteiger partial charge in [0.05, 0.1) is 6.04 Å². The van der Waals surface area contributed by atoms with Gasteiger partial charge in [-0.05, 0) is 27.9 Å². The molecule has 0 aliphatic carbocycles. The topological polar surface area (TPSA) is 70.4 Å². The second-order valence-corrected chi connectivity index (χ2v) is 4.29. The van der Waals surface area contributed by atoms with Crippen LogP contribution in [-0.4, -0.2) is 49.2 Å². The zero-order valence-corrected chi connectivity index (χ0v) is 10.8. The van der Waals surface area contributed by atoms with E-state index < -0.39 is 0 Å². The lowest BCUT2D eigenvalue weighted by Gasteiger charge is -2.15. The zero-order valence-electron chi connectivity index (χ0n) is 10.8. The maximum Gasteiger partial charge on any atom is 0.242 e. The summed E-state index contributed by atoms with van der Waals surface area (Å²) in [5.74, 6) is 1.01. The summed E-state index contributed by atoms with van der Waals surface area (Å²) in [7, 11) is 3.98. The molecule has 1 aromatic heterocycles. The predicted molar refractivity (Wildman–Crippen MR) is 65.9 cm³/mol. The molecule has 1 atom stereocenters. The van der Waals surface area contributed by atoms with E-state index in [1.807, 2.05) is 21.0 Å². The number of hydrogen-bond acceptors (Lipinski definition) is 5. The Balaban J connectivity index is 2.32. The van der Waals surface area contributed by atoms with Crippen molar-refractivity contribution in [3.8, 4) is 0 Å². The standard InChI is InChI=1S/C11H20N4O2/c1-8-7-10(14-17-8)13-11(16)9(2)12-5-6-15(3)4/h7,9,12H,5-6H2,1-4H3,(H,13,14,16). The third-order valence-electron chi connectivity index (χ3n) is 2.28. The Morgan fingerprint density at radius 3 is 2.82 bits per heavy atom. The molecular weight excluding hydrogens is 220 g/mol. The van der Waals surface area contributed by atoms with Gasteiger partial charge in [0.1, 0.15) is 5.76 Å². The number of nitrogens with one attached hydrogen (secondary N) is 2. The van der Waals surface area contributed by atoms with Crippen LogP contribution < -0.4 is 10.6 Å². The van der Waals surface area contributed by atoms with Crippen molar-refractivity contribution in [1.82, 2.24) is 15.4 Å². The van der Waals surface area contributed by atoms with E-state index in [2.05, 4.69) is 20.7 Å². The van der Waals surface area contributed by atoms with Crippen molar-refractivity contribution in [2.24, 2.45) is 0 Å². The van der Waals surface area contributed by atoms with E-state index in [-0.39, 0.29) is 11.9 Å². The van der Waals surface area contributed by atoms with Gasteiger partial charge in [0.2, 0.25) is 5.91 Å². The van der Waals surface area contributed by atoms with Crippen LogP contribution in [0, 0.1) is 6.92 Å². The summed E-state index contributed by atoms with van der Waals surface area (Å²) < 4.78 is 4.87. The SMILES string of the molecule is Cc1cc(NC(=O)C(C)NCCN(C)C)no1. The van der Waals surface area contributed by atoms with Crippen molar-refractivity contribution < 1.29 is 9.32 Å². The average molecular weight is 240 g/mol. The Labute approximate surface area is 101 Å². The largest absolute Gasteiger partial charge is 0.360 e. The Hall–Kier alpha value is -1.40. The van der Waals surface area contributed by atoms with E-state index in [9.17, 15) is 4.79 Å². The molecule has 0 aromatic carbocycles. The summed E-state index contributed by atoms with van der Waals surface area (Å²) in [6.07, 6.45) is 0. The fraction of sp³-hybridized carbons (Fsp3) is 0.636. The van der Waals surface area contributed by atoms with Crippen molar-refractivity contribution in [1.29, 1.82) is 0 Å². The average Bonchev–Trinajstić information content (AvgIpc) is 2.63. The van der Waals surface area contributed by atoms with Crippen LogP contribution in [0.2, 0.25) is 0 Å². The Morgan fingerprint density at radius 1 is 1.59 bits per heavy atom. The lowest BCUT2D eigenvalue weighted by atomic mass is 10.3. The van der Waals surface area contributed by atoms with Gasteiger partial charge in [0.15, 0.2) is 5.82 Å². The summed E-state index contributed by atoms with van der Waals surface area (Å²) in [6, 6.07) is 1.43. The van der Waals surface area contributed by atoms with Crippen LogP contribution in [0.5, 0.6) is 0 Å². The Kier molecular flexibility index (Phi) is 5.11. The molecular formula is C11H20N4O2. The number of nitrogens with zero attached hydrogens (tertiary/aromatic N) is 2. The van der Waals surface area contributed by atoms with Gasteiger partial charge < -0.3 is 20.1 Å². The maximum absolute atomic E-state index is 11.7. The molecule has 0 bridgehead atoms. The minimum Gasteiger partial charge on any atom is -0.360 e. The second-order valence-electron chi connectivity index (χ2n) is 4.29. The van der Waals surface area contributed by atoms with Crippen LogP contribution in [0.1, 0.15) is 12.7 Å². The monoisotopic (exact) mass is 240 g/mol. The quantitative estimate of drug-likeness (QED) is 0.756. The van der Waals surface area contributed by atoms with Crippen LogP contribution in [0.25, 0.3) is 0 Å². The minimum absolute atomic E-state index is 0.114. The highest BCUT2D eigenvalue weighted by Gasteiger charge is 2.13. The molecule has 1 aromatic rings. The number of hydrogen-bond donors (Lipinski definition) is 2. The number of amides is 1. The lowest BCUT2D eigenvalue weighted by Crippen LogP contribution is -2.41. The molecule has 0 saturated carbocycles. The molecule has 1 heterocycles. The van der Waals surface area contributed by atoms with Crippen LogP contribution in [0.4, 0.5) is 5.82 Å². The van der Waals surface area contributed by atoms with Crippen LogP contribution in [-0.2, 0) is 4.79 Å². The molecule has 0 spiro atoms. The highest BCUT2D eigenvalue weighted by Crippen LogP contribution is 2.07. The van der Waals surface area contributed by atoms with Gasteiger partial charge in [-0.2, -0.15) is 0 Å². The fourth-order valence-electron chi connectivity index (χ4n) is 1.26. The Bertz CT molecular complexity index is 362. The fourth-order valence-corrected chi connectivity index (χ4v) is 1.26. The number of carbonyl (C=O) groups excluding carboxylic acids is 1. The number of carbonyl (C=O) groups is 1. The molecule has 0 aliphatic heterocycles. The Morgan fingerprint density at radius 2 is 2.29 bits per heavy atom. The first kappa shape index (κ1) is 13.7. The van der Waals surface area contributed by atoms with E-state index >= 15 is 0 Å². The summed E-state index contributed by atoms with van der Waals surface area (Å²) in [5.41, 5.74) is 0. The van der Waals surface area contributed by atoms with Gasteiger partial charge >= 0.3 is 0 Å². The van der Waals surface area contributed by atoms with Gasteiger partial charge in [-0.15, -0.1) is 0 Å². The van der Waals surface area contributed by atoms with E-state index in [1.165, 1.54) is 0 Å². The smallest absolute Gasteiger partial charge is 0.242 e. The van der Waals surface area contributed by atoms with E-state index in [0.717, 1.165) is 13.1 Å². The first-order chi connectivity index (χ1) is 7.99. The van der Waals surface area contributed by atoms with Gasteiger partial charge in [0.25, 0.3) is 0 Å². The molecule has 1 amide bonds. The predicted octanol–water partition coefficient (Wildman–Crippen LogP) is 0.461. The van der Waals surface area contributed by atoms with Crippen LogP contribution in [0.15, 0.2) is 10.6 Å². The lowest BCUT2D eigenvalue weighted by molar-refractivity contribution is -0.117. The molecule has 6 heteroatoms.